The number of aromatic nitrogens is 3. The van der Waals surface area contributed by atoms with Gasteiger partial charge in [-0.15, -0.1) is 10.2 Å². The van der Waals surface area contributed by atoms with Crippen molar-refractivity contribution in [3.05, 3.63) is 34.6 Å². The summed E-state index contributed by atoms with van der Waals surface area (Å²) in [6.07, 6.45) is 3.81. The molecule has 18 heavy (non-hydrogen) atoms. The van der Waals surface area contributed by atoms with E-state index in [1.165, 1.54) is 18.2 Å². The van der Waals surface area contributed by atoms with Crippen molar-refractivity contribution in [3.63, 3.8) is 0 Å². The van der Waals surface area contributed by atoms with Crippen LogP contribution >= 0.6 is 0 Å². The van der Waals surface area contributed by atoms with E-state index in [0.29, 0.717) is 23.1 Å². The first kappa shape index (κ1) is 10.7. The van der Waals surface area contributed by atoms with E-state index in [0.717, 1.165) is 12.8 Å². The van der Waals surface area contributed by atoms with Crippen molar-refractivity contribution in [1.29, 1.82) is 0 Å². The van der Waals surface area contributed by atoms with Gasteiger partial charge in [0, 0.05) is 29.4 Å². The highest BCUT2D eigenvalue weighted by Gasteiger charge is 2.27. The van der Waals surface area contributed by atoms with E-state index < -0.39 is 4.92 Å². The summed E-state index contributed by atoms with van der Waals surface area (Å²) >= 11 is 0. The average molecular weight is 245 g/mol. The molecule has 1 fully saturated rings. The first-order valence-electron chi connectivity index (χ1n) is 5.60. The zero-order valence-electron chi connectivity index (χ0n) is 9.48. The van der Waals surface area contributed by atoms with Gasteiger partial charge in [0.05, 0.1) is 4.92 Å². The zero-order valence-corrected chi connectivity index (χ0v) is 9.48. The molecule has 0 unspecified atom stereocenters. The molecule has 7 nitrogen and oxygen atoms in total. The van der Waals surface area contributed by atoms with Crippen molar-refractivity contribution >= 4 is 11.4 Å². The minimum Gasteiger partial charge on any atom is -0.398 e. The second-order valence-electron chi connectivity index (χ2n) is 4.32. The lowest BCUT2D eigenvalue weighted by molar-refractivity contribution is -0.384. The van der Waals surface area contributed by atoms with Crippen LogP contribution in [0.4, 0.5) is 11.4 Å². The van der Waals surface area contributed by atoms with Gasteiger partial charge in [-0.05, 0) is 18.9 Å². The van der Waals surface area contributed by atoms with Gasteiger partial charge in [0.25, 0.3) is 5.69 Å². The first-order valence-corrected chi connectivity index (χ1v) is 5.60. The standard InChI is InChI=1S/C11H11N5O2/c12-10-4-3-8(16(17)18)5-9(10)11-14-13-6-15(11)7-1-2-7/h3-7H,1-2,12H2. The number of hydrogen-bond donors (Lipinski definition) is 1. The topological polar surface area (TPSA) is 99.9 Å². The summed E-state index contributed by atoms with van der Waals surface area (Å²) in [5.41, 5.74) is 6.90. The molecule has 1 aliphatic rings. The van der Waals surface area contributed by atoms with E-state index in [1.54, 1.807) is 6.33 Å². The third kappa shape index (κ3) is 1.69. The highest BCUT2D eigenvalue weighted by molar-refractivity contribution is 5.74. The Balaban J connectivity index is 2.12. The van der Waals surface area contributed by atoms with E-state index in [-0.39, 0.29) is 5.69 Å². The van der Waals surface area contributed by atoms with Gasteiger partial charge in [-0.1, -0.05) is 0 Å². The van der Waals surface area contributed by atoms with Crippen LogP contribution in [0.15, 0.2) is 24.5 Å². The maximum atomic E-state index is 10.8. The summed E-state index contributed by atoms with van der Waals surface area (Å²) < 4.78 is 1.93. The smallest absolute Gasteiger partial charge is 0.270 e. The number of anilines is 1. The van der Waals surface area contributed by atoms with Gasteiger partial charge in [0.1, 0.15) is 6.33 Å². The molecule has 1 heterocycles. The molecule has 92 valence electrons. The molecule has 1 aromatic carbocycles. The minimum absolute atomic E-state index is 0.00421. The Bertz CT molecular complexity index is 618. The van der Waals surface area contributed by atoms with Crippen molar-refractivity contribution in [2.24, 2.45) is 0 Å². The Hall–Kier alpha value is -2.44. The van der Waals surface area contributed by atoms with E-state index in [1.807, 2.05) is 4.57 Å². The SMILES string of the molecule is Nc1ccc([N+](=O)[O-])cc1-c1nncn1C1CC1. The summed E-state index contributed by atoms with van der Waals surface area (Å²) in [6, 6.07) is 4.75. The second-order valence-corrected chi connectivity index (χ2v) is 4.32. The Morgan fingerprint density at radius 2 is 2.22 bits per heavy atom. The molecule has 0 bridgehead atoms. The van der Waals surface area contributed by atoms with E-state index in [9.17, 15) is 10.1 Å². The number of nitrogens with zero attached hydrogens (tertiary/aromatic N) is 4. The monoisotopic (exact) mass is 245 g/mol. The highest BCUT2D eigenvalue weighted by Crippen LogP contribution is 2.39. The maximum absolute atomic E-state index is 10.8. The molecule has 0 aliphatic heterocycles. The summed E-state index contributed by atoms with van der Waals surface area (Å²) in [4.78, 5) is 10.3. The fraction of sp³-hybridized carbons (Fsp3) is 0.273. The molecule has 7 heteroatoms. The molecular formula is C11H11N5O2. The lowest BCUT2D eigenvalue weighted by Crippen LogP contribution is -2.00. The summed E-state index contributed by atoms with van der Waals surface area (Å²) in [6.45, 7) is 0. The number of nitrogens with two attached hydrogens (primary N) is 1. The zero-order chi connectivity index (χ0) is 12.7. The number of benzene rings is 1. The summed E-state index contributed by atoms with van der Waals surface area (Å²) in [7, 11) is 0. The fourth-order valence-corrected chi connectivity index (χ4v) is 1.91. The molecule has 2 N–H and O–H groups in total. The maximum Gasteiger partial charge on any atom is 0.270 e. The van der Waals surface area contributed by atoms with Crippen LogP contribution < -0.4 is 5.73 Å². The Morgan fingerprint density at radius 3 is 2.89 bits per heavy atom. The van der Waals surface area contributed by atoms with Gasteiger partial charge in [0.2, 0.25) is 0 Å². The third-order valence-corrected chi connectivity index (χ3v) is 3.00. The third-order valence-electron chi connectivity index (χ3n) is 3.00. The molecule has 1 aliphatic carbocycles. The molecule has 0 atom stereocenters. The average Bonchev–Trinajstić information content (AvgIpc) is 3.08. The number of nitro groups is 1. The number of rotatable bonds is 3. The number of hydrogen-bond acceptors (Lipinski definition) is 5. The largest absolute Gasteiger partial charge is 0.398 e. The molecule has 0 spiro atoms. The van der Waals surface area contributed by atoms with Crippen LogP contribution in [0.3, 0.4) is 0 Å². The summed E-state index contributed by atoms with van der Waals surface area (Å²) in [5, 5.41) is 18.7. The van der Waals surface area contributed by atoms with Crippen LogP contribution in [0.5, 0.6) is 0 Å². The van der Waals surface area contributed by atoms with Crippen LogP contribution in [0.25, 0.3) is 11.4 Å². The predicted octanol–water partition coefficient (Wildman–Crippen LogP) is 1.77. The van der Waals surface area contributed by atoms with Gasteiger partial charge in [-0.2, -0.15) is 0 Å². The molecule has 0 saturated heterocycles. The minimum atomic E-state index is -0.444. The Labute approximate surface area is 102 Å². The quantitative estimate of drug-likeness (QED) is 0.504. The molecule has 0 radical (unpaired) electrons. The van der Waals surface area contributed by atoms with Crippen LogP contribution in [0.1, 0.15) is 18.9 Å². The molecule has 0 amide bonds. The van der Waals surface area contributed by atoms with Gasteiger partial charge < -0.3 is 10.3 Å². The van der Waals surface area contributed by atoms with Gasteiger partial charge >= 0.3 is 0 Å². The van der Waals surface area contributed by atoms with Crippen LogP contribution in [0, 0.1) is 10.1 Å². The first-order chi connectivity index (χ1) is 8.66. The van der Waals surface area contributed by atoms with Crippen molar-refractivity contribution in [2.45, 2.75) is 18.9 Å². The van der Waals surface area contributed by atoms with Crippen LogP contribution in [-0.2, 0) is 0 Å². The number of non-ortho nitro benzene ring substituents is 1. The lowest BCUT2D eigenvalue weighted by Gasteiger charge is -2.07. The normalized spacial score (nSPS) is 14.7. The van der Waals surface area contributed by atoms with Gasteiger partial charge in [-0.25, -0.2) is 0 Å². The lowest BCUT2D eigenvalue weighted by atomic mass is 10.1. The van der Waals surface area contributed by atoms with E-state index in [2.05, 4.69) is 10.2 Å². The highest BCUT2D eigenvalue weighted by atomic mass is 16.6. The van der Waals surface area contributed by atoms with Crippen molar-refractivity contribution in [1.82, 2.24) is 14.8 Å². The summed E-state index contributed by atoms with van der Waals surface area (Å²) in [5.74, 6) is 0.596. The second kappa shape index (κ2) is 3.80. The molecule has 1 saturated carbocycles. The van der Waals surface area contributed by atoms with Crippen molar-refractivity contribution in [3.8, 4) is 11.4 Å². The van der Waals surface area contributed by atoms with Crippen molar-refractivity contribution < 1.29 is 4.92 Å². The Kier molecular flexibility index (Phi) is 2.26. The van der Waals surface area contributed by atoms with E-state index >= 15 is 0 Å². The fourth-order valence-electron chi connectivity index (χ4n) is 1.91. The molecular weight excluding hydrogens is 234 g/mol. The molecule has 1 aromatic heterocycles. The number of nitro benzene ring substituents is 1. The predicted molar refractivity (Wildman–Crippen MR) is 64.8 cm³/mol. The van der Waals surface area contributed by atoms with Crippen molar-refractivity contribution in [2.75, 3.05) is 5.73 Å². The van der Waals surface area contributed by atoms with Gasteiger partial charge in [0.15, 0.2) is 5.82 Å². The van der Waals surface area contributed by atoms with Crippen LogP contribution in [0.2, 0.25) is 0 Å². The van der Waals surface area contributed by atoms with E-state index in [4.69, 9.17) is 5.73 Å². The van der Waals surface area contributed by atoms with Gasteiger partial charge in [-0.3, -0.25) is 10.1 Å². The Morgan fingerprint density at radius 1 is 1.44 bits per heavy atom. The molecule has 2 aromatic rings. The van der Waals surface area contributed by atoms with Crippen LogP contribution in [-0.4, -0.2) is 19.7 Å². The molecule has 3 rings (SSSR count). The number of nitrogen functional groups attached to an aromatic ring is 1.